The zero-order valence-electron chi connectivity index (χ0n) is 14.4. The molecule has 1 atom stereocenters. The van der Waals surface area contributed by atoms with E-state index in [0.717, 1.165) is 42.7 Å². The first-order chi connectivity index (χ1) is 12.3. The van der Waals surface area contributed by atoms with Crippen LogP contribution in [0.4, 0.5) is 4.39 Å². The van der Waals surface area contributed by atoms with E-state index in [0.29, 0.717) is 0 Å². The zero-order valence-corrected chi connectivity index (χ0v) is 14.4. The third kappa shape index (κ3) is 4.69. The molecule has 3 rings (SSSR count). The topological polar surface area (TPSA) is 37.9 Å². The van der Waals surface area contributed by atoms with Crippen LogP contribution < -0.4 is 4.74 Å². The van der Waals surface area contributed by atoms with Crippen molar-refractivity contribution in [3.63, 3.8) is 0 Å². The van der Waals surface area contributed by atoms with Gasteiger partial charge in [-0.3, -0.25) is 0 Å². The SMILES string of the molecule is COc1ccc(CCCCC(c2ccc(F)cc2)c2cnc[nH]2)cc1. The van der Waals surface area contributed by atoms with Crippen molar-refractivity contribution in [3.05, 3.63) is 83.7 Å². The average Bonchev–Trinajstić information content (AvgIpc) is 3.18. The number of aryl methyl sites for hydroxylation is 1. The summed E-state index contributed by atoms with van der Waals surface area (Å²) in [5, 5.41) is 0. The van der Waals surface area contributed by atoms with Crippen molar-refractivity contribution in [2.75, 3.05) is 7.11 Å². The quantitative estimate of drug-likeness (QED) is 0.580. The Balaban J connectivity index is 1.58. The summed E-state index contributed by atoms with van der Waals surface area (Å²) in [6, 6.07) is 15.0. The monoisotopic (exact) mass is 338 g/mol. The molecule has 0 spiro atoms. The number of rotatable bonds is 8. The third-order valence-electron chi connectivity index (χ3n) is 4.53. The maximum absolute atomic E-state index is 13.2. The molecule has 0 aliphatic carbocycles. The number of aromatic amines is 1. The van der Waals surface area contributed by atoms with E-state index in [1.165, 1.54) is 17.7 Å². The number of hydrogen-bond donors (Lipinski definition) is 1. The molecule has 0 saturated heterocycles. The van der Waals surface area contributed by atoms with Crippen molar-refractivity contribution < 1.29 is 9.13 Å². The molecule has 25 heavy (non-hydrogen) atoms. The molecule has 1 N–H and O–H groups in total. The molecule has 3 nitrogen and oxygen atoms in total. The van der Waals surface area contributed by atoms with Crippen LogP contribution in [0.2, 0.25) is 0 Å². The molecule has 0 saturated carbocycles. The van der Waals surface area contributed by atoms with Crippen LogP contribution in [0, 0.1) is 5.82 Å². The molecule has 130 valence electrons. The molecule has 1 unspecified atom stereocenters. The Morgan fingerprint density at radius 2 is 1.80 bits per heavy atom. The molecule has 1 aromatic heterocycles. The highest BCUT2D eigenvalue weighted by Gasteiger charge is 2.15. The number of benzene rings is 2. The normalized spacial score (nSPS) is 12.1. The fourth-order valence-electron chi connectivity index (χ4n) is 3.12. The first kappa shape index (κ1) is 17.2. The molecule has 0 aliphatic heterocycles. The predicted octanol–water partition coefficient (Wildman–Crippen LogP) is 5.10. The average molecular weight is 338 g/mol. The van der Waals surface area contributed by atoms with Gasteiger partial charge in [0.05, 0.1) is 13.4 Å². The smallest absolute Gasteiger partial charge is 0.123 e. The number of ether oxygens (including phenoxy) is 1. The van der Waals surface area contributed by atoms with Crippen LogP contribution in [-0.2, 0) is 6.42 Å². The van der Waals surface area contributed by atoms with Crippen LogP contribution in [0.5, 0.6) is 5.75 Å². The number of nitrogens with one attached hydrogen (secondary N) is 1. The Kier molecular flexibility index (Phi) is 5.83. The van der Waals surface area contributed by atoms with Crippen LogP contribution in [0.1, 0.15) is 42.0 Å². The molecule has 2 aromatic carbocycles. The second-order valence-corrected chi connectivity index (χ2v) is 6.20. The van der Waals surface area contributed by atoms with Crippen LogP contribution in [-0.4, -0.2) is 17.1 Å². The van der Waals surface area contributed by atoms with Crippen molar-refractivity contribution in [3.8, 4) is 5.75 Å². The van der Waals surface area contributed by atoms with Crippen LogP contribution in [0.25, 0.3) is 0 Å². The Labute approximate surface area is 147 Å². The van der Waals surface area contributed by atoms with Crippen molar-refractivity contribution in [2.45, 2.75) is 31.6 Å². The van der Waals surface area contributed by atoms with E-state index in [2.05, 4.69) is 22.1 Å². The molecule has 0 bridgehead atoms. The van der Waals surface area contributed by atoms with Gasteiger partial charge in [-0.15, -0.1) is 0 Å². The Bertz CT molecular complexity index is 752. The highest BCUT2D eigenvalue weighted by Crippen LogP contribution is 2.28. The van der Waals surface area contributed by atoms with Gasteiger partial charge in [0.25, 0.3) is 0 Å². The molecule has 1 heterocycles. The van der Waals surface area contributed by atoms with Crippen molar-refractivity contribution >= 4 is 0 Å². The number of hydrogen-bond acceptors (Lipinski definition) is 2. The lowest BCUT2D eigenvalue weighted by Gasteiger charge is -2.16. The molecule has 4 heteroatoms. The number of unbranched alkanes of at least 4 members (excludes halogenated alkanes) is 1. The van der Waals surface area contributed by atoms with E-state index in [1.807, 2.05) is 30.5 Å². The minimum absolute atomic E-state index is 0.202. The van der Waals surface area contributed by atoms with Crippen molar-refractivity contribution in [2.24, 2.45) is 0 Å². The first-order valence-electron chi connectivity index (χ1n) is 8.63. The number of imidazole rings is 1. The van der Waals surface area contributed by atoms with Gasteiger partial charge in [0.1, 0.15) is 11.6 Å². The molecule has 0 amide bonds. The molecule has 3 aromatic rings. The van der Waals surface area contributed by atoms with Crippen LogP contribution in [0.15, 0.2) is 61.1 Å². The Morgan fingerprint density at radius 3 is 2.44 bits per heavy atom. The number of methoxy groups -OCH3 is 1. The summed E-state index contributed by atoms with van der Waals surface area (Å²) in [6.45, 7) is 0. The summed E-state index contributed by atoms with van der Waals surface area (Å²) in [5.41, 5.74) is 3.52. The van der Waals surface area contributed by atoms with Crippen LogP contribution >= 0.6 is 0 Å². The van der Waals surface area contributed by atoms with Gasteiger partial charge in [-0.05, 0) is 54.7 Å². The lowest BCUT2D eigenvalue weighted by molar-refractivity contribution is 0.414. The maximum atomic E-state index is 13.2. The molecular formula is C21H23FN2O. The second-order valence-electron chi connectivity index (χ2n) is 6.20. The minimum Gasteiger partial charge on any atom is -0.497 e. The fourth-order valence-corrected chi connectivity index (χ4v) is 3.12. The minimum atomic E-state index is -0.202. The maximum Gasteiger partial charge on any atom is 0.123 e. The number of halogens is 1. The lowest BCUT2D eigenvalue weighted by Crippen LogP contribution is -2.02. The predicted molar refractivity (Wildman–Crippen MR) is 97.4 cm³/mol. The van der Waals surface area contributed by atoms with Gasteiger partial charge in [-0.1, -0.05) is 30.7 Å². The largest absolute Gasteiger partial charge is 0.497 e. The fraction of sp³-hybridized carbons (Fsp3) is 0.286. The highest BCUT2D eigenvalue weighted by atomic mass is 19.1. The van der Waals surface area contributed by atoms with Crippen LogP contribution in [0.3, 0.4) is 0 Å². The van der Waals surface area contributed by atoms with Gasteiger partial charge >= 0.3 is 0 Å². The van der Waals surface area contributed by atoms with E-state index in [1.54, 1.807) is 13.4 Å². The highest BCUT2D eigenvalue weighted by molar-refractivity contribution is 5.28. The standard InChI is InChI=1S/C21H23FN2O/c1-25-19-12-6-16(7-13-19)4-2-3-5-20(21-14-23-15-24-21)17-8-10-18(22)11-9-17/h6-15,20H,2-5H2,1H3,(H,23,24). The molecule has 0 fully saturated rings. The van der Waals surface area contributed by atoms with E-state index < -0.39 is 0 Å². The molecular weight excluding hydrogens is 315 g/mol. The Morgan fingerprint density at radius 1 is 1.04 bits per heavy atom. The van der Waals surface area contributed by atoms with Crippen molar-refractivity contribution in [1.29, 1.82) is 0 Å². The van der Waals surface area contributed by atoms with Gasteiger partial charge in [-0.2, -0.15) is 0 Å². The van der Waals surface area contributed by atoms with E-state index in [4.69, 9.17) is 4.74 Å². The lowest BCUT2D eigenvalue weighted by atomic mass is 9.90. The second kappa shape index (κ2) is 8.47. The summed E-state index contributed by atoms with van der Waals surface area (Å²) >= 11 is 0. The van der Waals surface area contributed by atoms with Gasteiger partial charge in [-0.25, -0.2) is 9.37 Å². The van der Waals surface area contributed by atoms with Gasteiger partial charge in [0.15, 0.2) is 0 Å². The summed E-state index contributed by atoms with van der Waals surface area (Å²) in [4.78, 5) is 7.34. The first-order valence-corrected chi connectivity index (χ1v) is 8.63. The summed E-state index contributed by atoms with van der Waals surface area (Å²) in [7, 11) is 1.68. The number of nitrogens with zero attached hydrogens (tertiary/aromatic N) is 1. The summed E-state index contributed by atoms with van der Waals surface area (Å²) in [5.74, 6) is 0.907. The summed E-state index contributed by atoms with van der Waals surface area (Å²) in [6.07, 6.45) is 7.80. The summed E-state index contributed by atoms with van der Waals surface area (Å²) < 4.78 is 18.4. The number of H-pyrrole nitrogens is 1. The zero-order chi connectivity index (χ0) is 17.5. The number of aromatic nitrogens is 2. The Hall–Kier alpha value is -2.62. The van der Waals surface area contributed by atoms with Gasteiger partial charge in [0, 0.05) is 17.8 Å². The van der Waals surface area contributed by atoms with E-state index in [-0.39, 0.29) is 11.7 Å². The van der Waals surface area contributed by atoms with E-state index >= 15 is 0 Å². The molecule has 0 radical (unpaired) electrons. The van der Waals surface area contributed by atoms with E-state index in [9.17, 15) is 4.39 Å². The van der Waals surface area contributed by atoms with Crippen molar-refractivity contribution in [1.82, 2.24) is 9.97 Å². The van der Waals surface area contributed by atoms with Gasteiger partial charge < -0.3 is 9.72 Å². The third-order valence-corrected chi connectivity index (χ3v) is 4.53. The van der Waals surface area contributed by atoms with Gasteiger partial charge in [0.2, 0.25) is 0 Å². The molecule has 0 aliphatic rings.